The smallest absolute Gasteiger partial charge is 0.118 e. The van der Waals surface area contributed by atoms with Gasteiger partial charge in [-0.3, -0.25) is 0 Å². The second kappa shape index (κ2) is 8.85. The highest BCUT2D eigenvalue weighted by molar-refractivity contribution is 6.17. The van der Waals surface area contributed by atoms with E-state index in [1.54, 1.807) is 7.11 Å². The number of rotatable bonds is 4. The Labute approximate surface area is 91.0 Å². The first kappa shape index (κ1) is 13.3. The van der Waals surface area contributed by atoms with Gasteiger partial charge in [0, 0.05) is 5.88 Å². The van der Waals surface area contributed by atoms with Crippen LogP contribution in [0.2, 0.25) is 0 Å². The van der Waals surface area contributed by atoms with Crippen LogP contribution in [0, 0.1) is 0 Å². The Hall–Kier alpha value is -0.730. The van der Waals surface area contributed by atoms with Crippen molar-refractivity contribution in [3.63, 3.8) is 0 Å². The molecule has 0 unspecified atom stereocenters. The highest BCUT2D eigenvalue weighted by Gasteiger charge is 1.93. The van der Waals surface area contributed by atoms with Crippen molar-refractivity contribution in [2.75, 3.05) is 20.0 Å². The van der Waals surface area contributed by atoms with Crippen LogP contribution in [0.25, 0.3) is 0 Å². The van der Waals surface area contributed by atoms with Gasteiger partial charge in [-0.05, 0) is 37.6 Å². The molecule has 80 valence electrons. The van der Waals surface area contributed by atoms with Crippen molar-refractivity contribution in [2.24, 2.45) is 5.73 Å². The van der Waals surface area contributed by atoms with Crippen LogP contribution < -0.4 is 10.5 Å². The Kier molecular flexibility index (Phi) is 8.39. The topological polar surface area (TPSA) is 35.2 Å². The highest BCUT2D eigenvalue weighted by atomic mass is 35.5. The Morgan fingerprint density at radius 1 is 1.21 bits per heavy atom. The highest BCUT2D eigenvalue weighted by Crippen LogP contribution is 2.12. The lowest BCUT2D eigenvalue weighted by Gasteiger charge is -2.01. The number of hydrogen-bond acceptors (Lipinski definition) is 2. The average molecular weight is 216 g/mol. The van der Waals surface area contributed by atoms with Crippen molar-refractivity contribution in [2.45, 2.75) is 12.8 Å². The van der Waals surface area contributed by atoms with Crippen molar-refractivity contribution in [3.05, 3.63) is 29.8 Å². The third-order valence-corrected chi connectivity index (χ3v) is 2.03. The number of benzene rings is 1. The zero-order valence-electron chi connectivity index (χ0n) is 8.79. The van der Waals surface area contributed by atoms with Crippen LogP contribution in [-0.2, 0) is 6.42 Å². The molecular weight excluding hydrogens is 198 g/mol. The maximum Gasteiger partial charge on any atom is 0.118 e. The van der Waals surface area contributed by atoms with E-state index in [4.69, 9.17) is 16.3 Å². The normalized spacial score (nSPS) is 8.86. The first-order chi connectivity index (χ1) is 6.86. The molecule has 0 radical (unpaired) electrons. The first-order valence-corrected chi connectivity index (χ1v) is 5.17. The maximum atomic E-state index is 5.59. The number of methoxy groups -OCH3 is 1. The van der Waals surface area contributed by atoms with Crippen molar-refractivity contribution in [1.29, 1.82) is 0 Å². The van der Waals surface area contributed by atoms with E-state index in [1.807, 2.05) is 12.1 Å². The van der Waals surface area contributed by atoms with Gasteiger partial charge in [-0.1, -0.05) is 12.1 Å². The predicted molar refractivity (Wildman–Crippen MR) is 62.1 cm³/mol. The zero-order chi connectivity index (χ0) is 10.8. The summed E-state index contributed by atoms with van der Waals surface area (Å²) >= 11 is 5.59. The third-order valence-electron chi connectivity index (χ3n) is 1.76. The lowest BCUT2D eigenvalue weighted by molar-refractivity contribution is 0.414. The van der Waals surface area contributed by atoms with Gasteiger partial charge >= 0.3 is 0 Å². The van der Waals surface area contributed by atoms with E-state index in [9.17, 15) is 0 Å². The summed E-state index contributed by atoms with van der Waals surface area (Å²) in [5.41, 5.74) is 5.82. The number of ether oxygens (including phenoxy) is 1. The number of hydrogen-bond donors (Lipinski definition) is 1. The van der Waals surface area contributed by atoms with E-state index in [2.05, 4.69) is 17.9 Å². The minimum Gasteiger partial charge on any atom is -0.497 e. The first-order valence-electron chi connectivity index (χ1n) is 4.63. The van der Waals surface area contributed by atoms with Crippen molar-refractivity contribution < 1.29 is 4.74 Å². The van der Waals surface area contributed by atoms with E-state index in [-0.39, 0.29) is 0 Å². The monoisotopic (exact) mass is 215 g/mol. The second-order valence-corrected chi connectivity index (χ2v) is 3.02. The SMILES string of the molecule is CN.COc1ccc(CCCCl)cc1. The molecule has 0 aliphatic rings. The molecule has 1 aromatic rings. The van der Waals surface area contributed by atoms with Gasteiger partial charge in [-0.15, -0.1) is 11.6 Å². The molecule has 0 aliphatic carbocycles. The summed E-state index contributed by atoms with van der Waals surface area (Å²) in [5.74, 6) is 1.64. The molecular formula is C11H18ClNO. The van der Waals surface area contributed by atoms with Gasteiger partial charge in [0.05, 0.1) is 7.11 Å². The molecule has 0 aliphatic heterocycles. The predicted octanol–water partition coefficient (Wildman–Crippen LogP) is 2.44. The zero-order valence-corrected chi connectivity index (χ0v) is 9.55. The molecule has 0 fully saturated rings. The van der Waals surface area contributed by atoms with Crippen LogP contribution in [0.1, 0.15) is 12.0 Å². The van der Waals surface area contributed by atoms with E-state index in [0.29, 0.717) is 0 Å². The Morgan fingerprint density at radius 3 is 2.21 bits per heavy atom. The quantitative estimate of drug-likeness (QED) is 0.784. The molecule has 0 heterocycles. The molecule has 0 aromatic heterocycles. The second-order valence-electron chi connectivity index (χ2n) is 2.64. The fraction of sp³-hybridized carbons (Fsp3) is 0.455. The number of alkyl halides is 1. The lowest BCUT2D eigenvalue weighted by Crippen LogP contribution is -1.87. The van der Waals surface area contributed by atoms with Crippen LogP contribution in [0.5, 0.6) is 5.75 Å². The van der Waals surface area contributed by atoms with E-state index < -0.39 is 0 Å². The van der Waals surface area contributed by atoms with Gasteiger partial charge in [0.25, 0.3) is 0 Å². The minimum atomic E-state index is 0.728. The summed E-state index contributed by atoms with van der Waals surface area (Å²) in [4.78, 5) is 0. The summed E-state index contributed by atoms with van der Waals surface area (Å²) < 4.78 is 5.05. The third kappa shape index (κ3) is 5.10. The fourth-order valence-electron chi connectivity index (χ4n) is 1.06. The Bertz CT molecular complexity index is 223. The van der Waals surface area contributed by atoms with E-state index >= 15 is 0 Å². The van der Waals surface area contributed by atoms with Gasteiger partial charge in [0.15, 0.2) is 0 Å². The van der Waals surface area contributed by atoms with Crippen LogP contribution in [0.15, 0.2) is 24.3 Å². The Morgan fingerprint density at radius 2 is 1.79 bits per heavy atom. The van der Waals surface area contributed by atoms with E-state index in [0.717, 1.165) is 24.5 Å². The average Bonchev–Trinajstić information content (AvgIpc) is 2.30. The van der Waals surface area contributed by atoms with Gasteiger partial charge in [0.1, 0.15) is 5.75 Å². The molecule has 0 amide bonds. The van der Waals surface area contributed by atoms with Crippen molar-refractivity contribution in [1.82, 2.24) is 0 Å². The summed E-state index contributed by atoms with van der Waals surface area (Å²) in [6, 6.07) is 8.10. The molecule has 14 heavy (non-hydrogen) atoms. The summed E-state index contributed by atoms with van der Waals surface area (Å²) in [6.07, 6.45) is 2.08. The molecule has 0 saturated carbocycles. The maximum absolute atomic E-state index is 5.59. The molecule has 0 atom stereocenters. The van der Waals surface area contributed by atoms with Crippen LogP contribution in [0.4, 0.5) is 0 Å². The number of halogens is 1. The number of aryl methyl sites for hydroxylation is 1. The van der Waals surface area contributed by atoms with Crippen molar-refractivity contribution >= 4 is 11.6 Å². The van der Waals surface area contributed by atoms with Crippen LogP contribution in [0.3, 0.4) is 0 Å². The van der Waals surface area contributed by atoms with Gasteiger partial charge < -0.3 is 10.5 Å². The minimum absolute atomic E-state index is 0.728. The van der Waals surface area contributed by atoms with Gasteiger partial charge in [-0.25, -0.2) is 0 Å². The van der Waals surface area contributed by atoms with Crippen LogP contribution >= 0.6 is 11.6 Å². The molecule has 2 N–H and O–H groups in total. The molecule has 0 saturated heterocycles. The standard InChI is InChI=1S/C10H13ClO.CH5N/c1-12-10-6-4-9(5-7-10)3-2-8-11;1-2/h4-7H,2-3,8H2,1H3;2H2,1H3. The van der Waals surface area contributed by atoms with Crippen LogP contribution in [-0.4, -0.2) is 20.0 Å². The number of nitrogens with two attached hydrogens (primary N) is 1. The summed E-state index contributed by atoms with van der Waals surface area (Å²) in [6.45, 7) is 0. The van der Waals surface area contributed by atoms with Gasteiger partial charge in [0.2, 0.25) is 0 Å². The van der Waals surface area contributed by atoms with Gasteiger partial charge in [-0.2, -0.15) is 0 Å². The molecule has 0 bridgehead atoms. The fourth-order valence-corrected chi connectivity index (χ4v) is 1.20. The molecule has 1 aromatic carbocycles. The summed E-state index contributed by atoms with van der Waals surface area (Å²) in [5, 5.41) is 0. The Balaban J connectivity index is 0.000000791. The molecule has 0 spiro atoms. The summed E-state index contributed by atoms with van der Waals surface area (Å²) in [7, 11) is 3.17. The molecule has 1 rings (SSSR count). The molecule has 2 nitrogen and oxygen atoms in total. The largest absolute Gasteiger partial charge is 0.497 e. The van der Waals surface area contributed by atoms with Crippen molar-refractivity contribution in [3.8, 4) is 5.75 Å². The van der Waals surface area contributed by atoms with E-state index in [1.165, 1.54) is 12.6 Å². The molecule has 3 heteroatoms. The lowest BCUT2D eigenvalue weighted by atomic mass is 10.1.